The van der Waals surface area contributed by atoms with Crippen LogP contribution in [0.4, 0.5) is 0 Å². The molecule has 4 aromatic carbocycles. The molecule has 0 radical (unpaired) electrons. The number of nitrogens with zero attached hydrogens (tertiary/aromatic N) is 1. The number of carbonyl (C=O) groups is 1. The lowest BCUT2D eigenvalue weighted by Crippen LogP contribution is -2.33. The molecule has 0 amide bonds. The smallest absolute Gasteiger partial charge is 0.307 e. The topological polar surface area (TPSA) is 48.0 Å². The fourth-order valence-corrected chi connectivity index (χ4v) is 4.99. The van der Waals surface area contributed by atoms with Crippen molar-refractivity contribution in [2.75, 3.05) is 20.8 Å². The van der Waals surface area contributed by atoms with Gasteiger partial charge < -0.3 is 14.2 Å². The molecule has 0 heterocycles. The third-order valence-corrected chi connectivity index (χ3v) is 7.04. The molecule has 0 saturated carbocycles. The van der Waals surface area contributed by atoms with Gasteiger partial charge in [0.1, 0.15) is 11.5 Å². The van der Waals surface area contributed by atoms with Gasteiger partial charge in [0, 0.05) is 24.2 Å². The molecule has 0 aliphatic carbocycles. The van der Waals surface area contributed by atoms with E-state index in [9.17, 15) is 4.79 Å². The third kappa shape index (κ3) is 7.06. The number of benzene rings is 4. The van der Waals surface area contributed by atoms with E-state index in [-0.39, 0.29) is 24.5 Å². The average Bonchev–Trinajstić information content (AvgIpc) is 2.99. The van der Waals surface area contributed by atoms with Crippen LogP contribution in [0.5, 0.6) is 11.5 Å². The van der Waals surface area contributed by atoms with Gasteiger partial charge in [0.2, 0.25) is 0 Å². The van der Waals surface area contributed by atoms with Crippen molar-refractivity contribution in [3.8, 4) is 22.6 Å². The highest BCUT2D eigenvalue weighted by atomic mass is 16.5. The molecule has 0 unspecified atom stereocenters. The van der Waals surface area contributed by atoms with E-state index in [1.54, 1.807) is 14.2 Å². The summed E-state index contributed by atoms with van der Waals surface area (Å²) in [5.41, 5.74) is 5.32. The summed E-state index contributed by atoms with van der Waals surface area (Å²) >= 11 is 0. The Labute approximate surface area is 232 Å². The lowest BCUT2D eigenvalue weighted by atomic mass is 9.93. The average molecular weight is 524 g/mol. The Morgan fingerprint density at radius 2 is 1.49 bits per heavy atom. The van der Waals surface area contributed by atoms with Crippen LogP contribution >= 0.6 is 0 Å². The van der Waals surface area contributed by atoms with Crippen LogP contribution < -0.4 is 9.47 Å². The zero-order valence-corrected chi connectivity index (χ0v) is 23.2. The first kappa shape index (κ1) is 27.9. The molecule has 0 fully saturated rings. The molecule has 0 aromatic heterocycles. The molecular weight excluding hydrogens is 486 g/mol. The van der Waals surface area contributed by atoms with E-state index in [1.165, 1.54) is 11.1 Å². The maximum atomic E-state index is 13.0. The molecule has 2 atom stereocenters. The van der Waals surface area contributed by atoms with E-state index in [1.807, 2.05) is 43.3 Å². The maximum absolute atomic E-state index is 13.0. The molecule has 0 aliphatic heterocycles. The van der Waals surface area contributed by atoms with E-state index >= 15 is 0 Å². The zero-order valence-electron chi connectivity index (χ0n) is 23.2. The van der Waals surface area contributed by atoms with Gasteiger partial charge in [-0.1, -0.05) is 78.9 Å². The summed E-state index contributed by atoms with van der Waals surface area (Å²) in [5, 5.41) is 0. The van der Waals surface area contributed by atoms with E-state index in [0.717, 1.165) is 28.2 Å². The van der Waals surface area contributed by atoms with E-state index in [2.05, 4.69) is 78.6 Å². The number of carbonyl (C=O) groups excluding carboxylic acids is 1. The van der Waals surface area contributed by atoms with E-state index in [4.69, 9.17) is 14.2 Å². The van der Waals surface area contributed by atoms with Crippen LogP contribution in [0, 0.1) is 0 Å². The molecule has 202 valence electrons. The molecule has 5 heteroatoms. The standard InChI is InChI=1S/C34H37NO4/c1-5-39-34(36)23-32(29-18-12-17-28(21-29)31-22-30(37-3)19-20-33(31)38-4)35(24-26-13-8-6-9-14-26)25(2)27-15-10-7-11-16-27/h6-22,25,32H,5,23-24H2,1-4H3/t25-,32+/m1/s1. The molecule has 0 aliphatic rings. The van der Waals surface area contributed by atoms with Gasteiger partial charge in [-0.2, -0.15) is 0 Å². The van der Waals surface area contributed by atoms with Crippen LogP contribution in [0.3, 0.4) is 0 Å². The van der Waals surface area contributed by atoms with Crippen molar-refractivity contribution >= 4 is 5.97 Å². The Morgan fingerprint density at radius 3 is 2.15 bits per heavy atom. The monoisotopic (exact) mass is 523 g/mol. The van der Waals surface area contributed by atoms with Gasteiger partial charge in [0.05, 0.1) is 27.2 Å². The second-order valence-corrected chi connectivity index (χ2v) is 9.46. The molecule has 0 N–H and O–H groups in total. The van der Waals surface area contributed by atoms with Crippen molar-refractivity contribution < 1.29 is 19.0 Å². The lowest BCUT2D eigenvalue weighted by molar-refractivity contribution is -0.145. The van der Waals surface area contributed by atoms with Gasteiger partial charge in [0.25, 0.3) is 0 Å². The van der Waals surface area contributed by atoms with Crippen LogP contribution in [0.2, 0.25) is 0 Å². The van der Waals surface area contributed by atoms with Crippen LogP contribution in [-0.2, 0) is 16.1 Å². The molecule has 4 aromatic rings. The molecule has 39 heavy (non-hydrogen) atoms. The Kier molecular flexibility index (Phi) is 9.76. The van der Waals surface area contributed by atoms with Gasteiger partial charge >= 0.3 is 5.97 Å². The number of esters is 1. The van der Waals surface area contributed by atoms with Crippen molar-refractivity contribution in [3.05, 3.63) is 120 Å². The molecule has 0 bridgehead atoms. The fourth-order valence-electron chi connectivity index (χ4n) is 4.99. The predicted octanol–water partition coefficient (Wildman–Crippen LogP) is 7.63. The van der Waals surface area contributed by atoms with Crippen LogP contribution in [-0.4, -0.2) is 31.7 Å². The molecule has 0 spiro atoms. The van der Waals surface area contributed by atoms with Gasteiger partial charge in [-0.25, -0.2) is 0 Å². The highest BCUT2D eigenvalue weighted by molar-refractivity contribution is 5.74. The minimum Gasteiger partial charge on any atom is -0.497 e. The maximum Gasteiger partial charge on any atom is 0.307 e. The van der Waals surface area contributed by atoms with Crippen molar-refractivity contribution in [2.45, 2.75) is 38.9 Å². The first-order valence-corrected chi connectivity index (χ1v) is 13.4. The number of hydrogen-bond donors (Lipinski definition) is 0. The Hall–Kier alpha value is -4.09. The van der Waals surface area contributed by atoms with Gasteiger partial charge in [-0.05, 0) is 60.4 Å². The van der Waals surface area contributed by atoms with Crippen LogP contribution in [0.1, 0.15) is 49.0 Å². The quantitative estimate of drug-likeness (QED) is 0.179. The largest absolute Gasteiger partial charge is 0.497 e. The second-order valence-electron chi connectivity index (χ2n) is 9.46. The van der Waals surface area contributed by atoms with Crippen LogP contribution in [0.15, 0.2) is 103 Å². The Balaban J connectivity index is 1.82. The van der Waals surface area contributed by atoms with Crippen LogP contribution in [0.25, 0.3) is 11.1 Å². The summed E-state index contributed by atoms with van der Waals surface area (Å²) in [5.74, 6) is 1.29. The highest BCUT2D eigenvalue weighted by Gasteiger charge is 2.29. The van der Waals surface area contributed by atoms with Crippen molar-refractivity contribution in [3.63, 3.8) is 0 Å². The molecule has 0 saturated heterocycles. The minimum atomic E-state index is -0.226. The summed E-state index contributed by atoms with van der Waals surface area (Å²) in [7, 11) is 3.33. The molecule has 4 rings (SSSR count). The third-order valence-electron chi connectivity index (χ3n) is 7.04. The first-order chi connectivity index (χ1) is 19.0. The lowest BCUT2D eigenvalue weighted by Gasteiger charge is -2.37. The zero-order chi connectivity index (χ0) is 27.6. The van der Waals surface area contributed by atoms with Crippen molar-refractivity contribution in [1.82, 2.24) is 4.90 Å². The van der Waals surface area contributed by atoms with E-state index in [0.29, 0.717) is 13.2 Å². The Morgan fingerprint density at radius 1 is 0.795 bits per heavy atom. The Bertz CT molecular complexity index is 1340. The predicted molar refractivity (Wildman–Crippen MR) is 156 cm³/mol. The number of methoxy groups -OCH3 is 2. The summed E-state index contributed by atoms with van der Waals surface area (Å²) in [6.07, 6.45) is 0.233. The number of rotatable bonds is 12. The van der Waals surface area contributed by atoms with Gasteiger partial charge in [-0.3, -0.25) is 9.69 Å². The first-order valence-electron chi connectivity index (χ1n) is 13.4. The molecule has 5 nitrogen and oxygen atoms in total. The number of ether oxygens (including phenoxy) is 3. The highest BCUT2D eigenvalue weighted by Crippen LogP contribution is 2.38. The van der Waals surface area contributed by atoms with Gasteiger partial charge in [-0.15, -0.1) is 0 Å². The van der Waals surface area contributed by atoms with Crippen molar-refractivity contribution in [2.24, 2.45) is 0 Å². The minimum absolute atomic E-state index is 0.0424. The SMILES string of the molecule is CCOC(=O)C[C@@H](c1cccc(-c2cc(OC)ccc2OC)c1)N(Cc1ccccc1)[C@H](C)c1ccccc1. The van der Waals surface area contributed by atoms with Gasteiger partial charge in [0.15, 0.2) is 0 Å². The summed E-state index contributed by atoms with van der Waals surface area (Å²) in [6, 6.07) is 34.7. The van der Waals surface area contributed by atoms with E-state index < -0.39 is 0 Å². The normalized spacial score (nSPS) is 12.5. The number of hydrogen-bond acceptors (Lipinski definition) is 5. The molecular formula is C34H37NO4. The summed E-state index contributed by atoms with van der Waals surface area (Å²) in [6.45, 7) is 5.06. The van der Waals surface area contributed by atoms with Crippen molar-refractivity contribution in [1.29, 1.82) is 0 Å². The summed E-state index contributed by atoms with van der Waals surface area (Å²) < 4.78 is 16.6. The fraction of sp³-hybridized carbons (Fsp3) is 0.265. The summed E-state index contributed by atoms with van der Waals surface area (Å²) in [4.78, 5) is 15.4. The second kappa shape index (κ2) is 13.6.